The number of hydrogen-bond donors (Lipinski definition) is 1. The Bertz CT molecular complexity index is 847. The monoisotopic (exact) mass is 354 g/mol. The molecule has 0 aliphatic carbocycles. The Hall–Kier alpha value is -2.80. The third-order valence-electron chi connectivity index (χ3n) is 3.52. The quantitative estimate of drug-likeness (QED) is 0.688. The zero-order valence-electron chi connectivity index (χ0n) is 14.0. The normalized spacial score (nSPS) is 10.5. The number of ether oxygens (including phenoxy) is 1. The summed E-state index contributed by atoms with van der Waals surface area (Å²) in [5, 5.41) is 11.8. The molecule has 1 N–H and O–H groups in total. The van der Waals surface area contributed by atoms with Gasteiger partial charge in [-0.2, -0.15) is 0 Å². The second-order valence-electron chi connectivity index (χ2n) is 5.27. The lowest BCUT2D eigenvalue weighted by Gasteiger charge is -2.08. The fourth-order valence-corrected chi connectivity index (χ4v) is 3.11. The fraction of sp³-hybridized carbons (Fsp3) is 0.167. The van der Waals surface area contributed by atoms with Gasteiger partial charge in [0, 0.05) is 11.4 Å². The number of rotatable bonds is 6. The first-order valence-electron chi connectivity index (χ1n) is 7.71. The van der Waals surface area contributed by atoms with Gasteiger partial charge in [0.05, 0.1) is 12.9 Å². The number of anilines is 1. The molecule has 0 spiro atoms. The van der Waals surface area contributed by atoms with Crippen molar-refractivity contribution < 1.29 is 9.53 Å². The average molecular weight is 354 g/mol. The molecule has 0 saturated heterocycles. The molecule has 0 atom stereocenters. The smallest absolute Gasteiger partial charge is 0.234 e. The van der Waals surface area contributed by atoms with Crippen LogP contribution < -0.4 is 10.1 Å². The molecule has 0 aliphatic rings. The van der Waals surface area contributed by atoms with Crippen LogP contribution in [0.3, 0.4) is 0 Å². The van der Waals surface area contributed by atoms with E-state index in [9.17, 15) is 4.79 Å². The molecular formula is C18H18N4O2S. The Labute approximate surface area is 150 Å². The molecule has 0 bridgehead atoms. The third-order valence-corrected chi connectivity index (χ3v) is 4.44. The van der Waals surface area contributed by atoms with Crippen molar-refractivity contribution in [3.05, 3.63) is 60.4 Å². The molecule has 0 fully saturated rings. The number of aryl methyl sites for hydroxylation is 1. The first-order valence-corrected chi connectivity index (χ1v) is 8.70. The second kappa shape index (κ2) is 7.85. The van der Waals surface area contributed by atoms with E-state index >= 15 is 0 Å². The van der Waals surface area contributed by atoms with Gasteiger partial charge >= 0.3 is 0 Å². The Balaban J connectivity index is 1.64. The lowest BCUT2D eigenvalue weighted by atomic mass is 10.3. The summed E-state index contributed by atoms with van der Waals surface area (Å²) in [5.41, 5.74) is 1.70. The van der Waals surface area contributed by atoms with Gasteiger partial charge in [0.2, 0.25) is 5.91 Å². The first-order chi connectivity index (χ1) is 12.2. The molecule has 1 amide bonds. The molecule has 7 heteroatoms. The summed E-state index contributed by atoms with van der Waals surface area (Å²) in [6.07, 6.45) is 0. The van der Waals surface area contributed by atoms with E-state index in [4.69, 9.17) is 4.74 Å². The van der Waals surface area contributed by atoms with Crippen LogP contribution in [-0.4, -0.2) is 33.5 Å². The minimum Gasteiger partial charge on any atom is -0.497 e. The lowest BCUT2D eigenvalue weighted by Crippen LogP contribution is -2.14. The summed E-state index contributed by atoms with van der Waals surface area (Å²) in [5.74, 6) is 1.68. The zero-order valence-corrected chi connectivity index (χ0v) is 14.8. The highest BCUT2D eigenvalue weighted by Gasteiger charge is 2.13. The number of amides is 1. The lowest BCUT2D eigenvalue weighted by molar-refractivity contribution is -0.113. The van der Waals surface area contributed by atoms with Crippen molar-refractivity contribution in [3.8, 4) is 11.4 Å². The number of nitrogens with one attached hydrogen (secondary N) is 1. The van der Waals surface area contributed by atoms with Gasteiger partial charge in [-0.15, -0.1) is 10.2 Å². The molecular weight excluding hydrogens is 336 g/mol. The van der Waals surface area contributed by atoms with Gasteiger partial charge in [0.15, 0.2) is 5.16 Å². The molecule has 0 aliphatic heterocycles. The van der Waals surface area contributed by atoms with E-state index in [-0.39, 0.29) is 11.7 Å². The van der Waals surface area contributed by atoms with Gasteiger partial charge in [-0.05, 0) is 43.3 Å². The standard InChI is InChI=1S/C18H18N4O2S/c1-13-20-21-18(22(13)15-6-4-3-5-7-15)25-12-17(23)19-14-8-10-16(24-2)11-9-14/h3-11H,12H2,1-2H3,(H,19,23). The van der Waals surface area contributed by atoms with E-state index < -0.39 is 0 Å². The molecule has 128 valence electrons. The number of para-hydroxylation sites is 1. The predicted octanol–water partition coefficient (Wildman–Crippen LogP) is 3.32. The minimum atomic E-state index is -0.101. The van der Waals surface area contributed by atoms with E-state index in [1.54, 1.807) is 31.4 Å². The van der Waals surface area contributed by atoms with E-state index in [0.717, 1.165) is 22.9 Å². The van der Waals surface area contributed by atoms with E-state index in [2.05, 4.69) is 15.5 Å². The minimum absolute atomic E-state index is 0.101. The van der Waals surface area contributed by atoms with Crippen molar-refractivity contribution >= 4 is 23.4 Å². The molecule has 1 heterocycles. The van der Waals surface area contributed by atoms with Crippen LogP contribution in [0.25, 0.3) is 5.69 Å². The summed E-state index contributed by atoms with van der Waals surface area (Å²) in [7, 11) is 1.61. The molecule has 3 rings (SSSR count). The largest absolute Gasteiger partial charge is 0.497 e. The summed E-state index contributed by atoms with van der Waals surface area (Å²) < 4.78 is 7.04. The summed E-state index contributed by atoms with van der Waals surface area (Å²) in [4.78, 5) is 12.2. The highest BCUT2D eigenvalue weighted by atomic mass is 32.2. The Morgan fingerprint density at radius 2 is 1.84 bits per heavy atom. The number of methoxy groups -OCH3 is 1. The van der Waals surface area contributed by atoms with Crippen LogP contribution in [0.2, 0.25) is 0 Å². The molecule has 0 unspecified atom stereocenters. The van der Waals surface area contributed by atoms with Crippen molar-refractivity contribution in [2.45, 2.75) is 12.1 Å². The molecule has 0 saturated carbocycles. The maximum absolute atomic E-state index is 12.2. The maximum Gasteiger partial charge on any atom is 0.234 e. The van der Waals surface area contributed by atoms with E-state index in [1.165, 1.54) is 11.8 Å². The number of hydrogen-bond acceptors (Lipinski definition) is 5. The topological polar surface area (TPSA) is 69.0 Å². The Kier molecular flexibility index (Phi) is 5.35. The van der Waals surface area contributed by atoms with Crippen molar-refractivity contribution in [1.29, 1.82) is 0 Å². The van der Waals surface area contributed by atoms with Crippen LogP contribution in [0.5, 0.6) is 5.75 Å². The second-order valence-corrected chi connectivity index (χ2v) is 6.21. The van der Waals surface area contributed by atoms with Crippen LogP contribution in [0.15, 0.2) is 59.8 Å². The van der Waals surface area contributed by atoms with E-state index in [1.807, 2.05) is 41.8 Å². The number of carbonyl (C=O) groups is 1. The summed E-state index contributed by atoms with van der Waals surface area (Å²) in [6.45, 7) is 1.89. The number of benzene rings is 2. The van der Waals surface area contributed by atoms with Crippen LogP contribution in [0.4, 0.5) is 5.69 Å². The molecule has 2 aromatic carbocycles. The van der Waals surface area contributed by atoms with Gasteiger partial charge in [-0.3, -0.25) is 9.36 Å². The van der Waals surface area contributed by atoms with Crippen LogP contribution in [0, 0.1) is 6.92 Å². The van der Waals surface area contributed by atoms with Gasteiger partial charge in [-0.25, -0.2) is 0 Å². The van der Waals surface area contributed by atoms with Gasteiger partial charge < -0.3 is 10.1 Å². The molecule has 3 aromatic rings. The fourth-order valence-electron chi connectivity index (χ4n) is 2.31. The van der Waals surface area contributed by atoms with Crippen LogP contribution in [-0.2, 0) is 4.79 Å². The number of aromatic nitrogens is 3. The molecule has 25 heavy (non-hydrogen) atoms. The summed E-state index contributed by atoms with van der Waals surface area (Å²) >= 11 is 1.35. The zero-order chi connectivity index (χ0) is 17.6. The van der Waals surface area contributed by atoms with Crippen molar-refractivity contribution in [3.63, 3.8) is 0 Å². The number of thioether (sulfide) groups is 1. The maximum atomic E-state index is 12.2. The first kappa shape index (κ1) is 17.0. The van der Waals surface area contributed by atoms with Crippen LogP contribution in [0.1, 0.15) is 5.82 Å². The Morgan fingerprint density at radius 3 is 2.52 bits per heavy atom. The van der Waals surface area contributed by atoms with Crippen molar-refractivity contribution in [2.75, 3.05) is 18.2 Å². The van der Waals surface area contributed by atoms with E-state index in [0.29, 0.717) is 5.16 Å². The highest BCUT2D eigenvalue weighted by molar-refractivity contribution is 7.99. The molecule has 6 nitrogen and oxygen atoms in total. The SMILES string of the molecule is COc1ccc(NC(=O)CSc2nnc(C)n2-c2ccccc2)cc1. The van der Waals surface area contributed by atoms with Crippen LogP contribution >= 0.6 is 11.8 Å². The average Bonchev–Trinajstić information content (AvgIpc) is 3.02. The molecule has 1 aromatic heterocycles. The predicted molar refractivity (Wildman–Crippen MR) is 98.4 cm³/mol. The van der Waals surface area contributed by atoms with Gasteiger partial charge in [0.1, 0.15) is 11.6 Å². The third kappa shape index (κ3) is 4.19. The van der Waals surface area contributed by atoms with Gasteiger partial charge in [-0.1, -0.05) is 30.0 Å². The molecule has 0 radical (unpaired) electrons. The van der Waals surface area contributed by atoms with Crippen molar-refractivity contribution in [2.24, 2.45) is 0 Å². The summed E-state index contributed by atoms with van der Waals surface area (Å²) in [6, 6.07) is 17.1. The highest BCUT2D eigenvalue weighted by Crippen LogP contribution is 2.22. The number of carbonyl (C=O) groups excluding carboxylic acids is 1. The van der Waals surface area contributed by atoms with Crippen molar-refractivity contribution in [1.82, 2.24) is 14.8 Å². The Morgan fingerprint density at radius 1 is 1.12 bits per heavy atom. The number of nitrogens with zero attached hydrogens (tertiary/aromatic N) is 3. The van der Waals surface area contributed by atoms with Gasteiger partial charge in [0.25, 0.3) is 0 Å².